The first-order valence-electron chi connectivity index (χ1n) is 13.4. The van der Waals surface area contributed by atoms with Crippen LogP contribution in [0.1, 0.15) is 38.3 Å². The topological polar surface area (TPSA) is 96.0 Å². The molecule has 8 aromatic rings. The number of aromatic nitrogens is 7. The highest BCUT2D eigenvalue weighted by molar-refractivity contribution is 6.24. The standard InChI is InChI=1S/C32H25N7/c1-4-26-36-28-19-9-7-17(12-22(19)24-14-34-35-15-25(24)31(28)37-26)18-8-10-20-23(13-18)27-21(6-5-11-33-27)30-29(20)38-32(39-30)16(2)3/h5-16,34H,4H2,1-3H3,(H,38,39). The molecule has 0 saturated carbocycles. The average molecular weight is 508 g/mol. The number of hydrogen-bond acceptors (Lipinski definition) is 5. The van der Waals surface area contributed by atoms with Crippen molar-refractivity contribution in [3.63, 3.8) is 0 Å². The van der Waals surface area contributed by atoms with Gasteiger partial charge in [0, 0.05) is 57.0 Å². The molecule has 188 valence electrons. The van der Waals surface area contributed by atoms with Gasteiger partial charge < -0.3 is 4.98 Å². The van der Waals surface area contributed by atoms with Crippen LogP contribution >= 0.6 is 0 Å². The number of nitrogens with one attached hydrogen (secondary N) is 2. The number of pyridine rings is 1. The first-order valence-corrected chi connectivity index (χ1v) is 13.4. The molecular weight excluding hydrogens is 482 g/mol. The number of H-pyrrole nitrogens is 2. The van der Waals surface area contributed by atoms with E-state index in [-0.39, 0.29) is 0 Å². The van der Waals surface area contributed by atoms with Crippen molar-refractivity contribution < 1.29 is 0 Å². The smallest absolute Gasteiger partial charge is 0.129 e. The van der Waals surface area contributed by atoms with E-state index in [1.807, 2.05) is 24.7 Å². The third-order valence-electron chi connectivity index (χ3n) is 7.82. The van der Waals surface area contributed by atoms with Gasteiger partial charge in [-0.25, -0.2) is 15.0 Å². The van der Waals surface area contributed by atoms with Crippen molar-refractivity contribution in [1.82, 2.24) is 35.1 Å². The molecule has 4 aromatic carbocycles. The molecule has 0 spiro atoms. The molecule has 7 heteroatoms. The molecule has 39 heavy (non-hydrogen) atoms. The molecule has 0 saturated heterocycles. The van der Waals surface area contributed by atoms with E-state index in [0.29, 0.717) is 5.92 Å². The molecular formula is C32H25N7. The molecule has 4 aromatic heterocycles. The molecule has 0 aliphatic heterocycles. The lowest BCUT2D eigenvalue weighted by Crippen LogP contribution is -1.88. The van der Waals surface area contributed by atoms with Gasteiger partial charge in [-0.2, -0.15) is 5.10 Å². The Hall–Kier alpha value is -4.91. The van der Waals surface area contributed by atoms with Crippen LogP contribution < -0.4 is 0 Å². The van der Waals surface area contributed by atoms with Gasteiger partial charge in [0.15, 0.2) is 0 Å². The normalized spacial score (nSPS) is 12.3. The van der Waals surface area contributed by atoms with Crippen LogP contribution in [0.3, 0.4) is 0 Å². The van der Waals surface area contributed by atoms with Crippen LogP contribution in [-0.2, 0) is 6.42 Å². The summed E-state index contributed by atoms with van der Waals surface area (Å²) in [5, 5.41) is 14.9. The maximum absolute atomic E-state index is 4.95. The second-order valence-corrected chi connectivity index (χ2v) is 10.5. The molecule has 0 bridgehead atoms. The van der Waals surface area contributed by atoms with Crippen LogP contribution in [0, 0.1) is 0 Å². The van der Waals surface area contributed by atoms with Crippen molar-refractivity contribution in [2.75, 3.05) is 0 Å². The number of aromatic amines is 2. The fourth-order valence-electron chi connectivity index (χ4n) is 5.84. The van der Waals surface area contributed by atoms with E-state index in [1.165, 1.54) is 0 Å². The molecule has 0 aliphatic carbocycles. The highest BCUT2D eigenvalue weighted by Crippen LogP contribution is 2.38. The second-order valence-electron chi connectivity index (χ2n) is 10.5. The Labute approximate surface area is 223 Å². The monoisotopic (exact) mass is 507 g/mol. The largest absolute Gasteiger partial charge is 0.341 e. The summed E-state index contributed by atoms with van der Waals surface area (Å²) >= 11 is 0. The zero-order chi connectivity index (χ0) is 26.2. The van der Waals surface area contributed by atoms with Crippen LogP contribution in [-0.4, -0.2) is 35.1 Å². The molecule has 0 amide bonds. The Balaban J connectivity index is 1.41. The van der Waals surface area contributed by atoms with E-state index in [9.17, 15) is 0 Å². The van der Waals surface area contributed by atoms with E-state index in [1.54, 1.807) is 0 Å². The minimum atomic E-state index is 0.310. The lowest BCUT2D eigenvalue weighted by molar-refractivity contribution is 0.799. The summed E-state index contributed by atoms with van der Waals surface area (Å²) in [4.78, 5) is 23.0. The highest BCUT2D eigenvalue weighted by Gasteiger charge is 2.17. The van der Waals surface area contributed by atoms with E-state index < -0.39 is 0 Å². The Morgan fingerprint density at radius 1 is 0.718 bits per heavy atom. The van der Waals surface area contributed by atoms with Gasteiger partial charge in [-0.3, -0.25) is 10.1 Å². The van der Waals surface area contributed by atoms with Crippen LogP contribution in [0.2, 0.25) is 0 Å². The summed E-state index contributed by atoms with van der Waals surface area (Å²) < 4.78 is 0. The van der Waals surface area contributed by atoms with Crippen molar-refractivity contribution in [1.29, 1.82) is 0 Å². The predicted molar refractivity (Wildman–Crippen MR) is 158 cm³/mol. The molecule has 0 aliphatic rings. The van der Waals surface area contributed by atoms with Gasteiger partial charge in [0.1, 0.15) is 17.2 Å². The van der Waals surface area contributed by atoms with Gasteiger partial charge >= 0.3 is 0 Å². The zero-order valence-corrected chi connectivity index (χ0v) is 21.9. The summed E-state index contributed by atoms with van der Waals surface area (Å²) in [7, 11) is 0. The Kier molecular flexibility index (Phi) is 4.56. The molecule has 8 rings (SSSR count). The predicted octanol–water partition coefficient (Wildman–Crippen LogP) is 7.59. The molecule has 0 radical (unpaired) electrons. The number of benzene rings is 4. The third kappa shape index (κ3) is 3.13. The number of imidazole rings is 2. The Morgan fingerprint density at radius 2 is 1.49 bits per heavy atom. The Morgan fingerprint density at radius 3 is 2.28 bits per heavy atom. The van der Waals surface area contributed by atoms with Gasteiger partial charge in [-0.05, 0) is 40.8 Å². The van der Waals surface area contributed by atoms with Gasteiger partial charge in [-0.15, -0.1) is 0 Å². The van der Waals surface area contributed by atoms with Crippen molar-refractivity contribution in [3.05, 3.63) is 78.8 Å². The van der Waals surface area contributed by atoms with Gasteiger partial charge in [0.25, 0.3) is 0 Å². The first-order chi connectivity index (χ1) is 19.1. The molecule has 7 nitrogen and oxygen atoms in total. The lowest BCUT2D eigenvalue weighted by atomic mass is 9.95. The maximum Gasteiger partial charge on any atom is 0.129 e. The first kappa shape index (κ1) is 22.1. The summed E-state index contributed by atoms with van der Waals surface area (Å²) in [5.74, 6) is 2.16. The van der Waals surface area contributed by atoms with Crippen molar-refractivity contribution in [2.24, 2.45) is 0 Å². The maximum atomic E-state index is 4.95. The van der Waals surface area contributed by atoms with Gasteiger partial charge in [-0.1, -0.05) is 45.0 Å². The minimum Gasteiger partial charge on any atom is -0.341 e. The molecule has 4 heterocycles. The second kappa shape index (κ2) is 8.04. The quantitative estimate of drug-likeness (QED) is 0.240. The Bertz CT molecular complexity index is 2260. The fraction of sp³-hybridized carbons (Fsp3) is 0.156. The van der Waals surface area contributed by atoms with E-state index in [0.717, 1.165) is 94.5 Å². The summed E-state index contributed by atoms with van der Waals surface area (Å²) in [6, 6.07) is 17.4. The lowest BCUT2D eigenvalue weighted by Gasteiger charge is -2.10. The fourth-order valence-corrected chi connectivity index (χ4v) is 5.84. The van der Waals surface area contributed by atoms with Crippen LogP contribution in [0.25, 0.3) is 76.4 Å². The third-order valence-corrected chi connectivity index (χ3v) is 7.82. The van der Waals surface area contributed by atoms with Gasteiger partial charge in [0.05, 0.1) is 28.3 Å². The van der Waals surface area contributed by atoms with E-state index in [4.69, 9.17) is 19.9 Å². The minimum absolute atomic E-state index is 0.310. The number of fused-ring (bicyclic) bond motifs is 12. The average Bonchev–Trinajstić information content (AvgIpc) is 3.63. The number of rotatable bonds is 3. The molecule has 0 atom stereocenters. The van der Waals surface area contributed by atoms with E-state index in [2.05, 4.69) is 78.4 Å². The number of nitrogens with zero attached hydrogens (tertiary/aromatic N) is 5. The molecule has 0 fully saturated rings. The molecule has 0 unspecified atom stereocenters. The summed E-state index contributed by atoms with van der Waals surface area (Å²) in [6.07, 6.45) is 6.47. The van der Waals surface area contributed by atoms with Crippen LogP contribution in [0.5, 0.6) is 0 Å². The summed E-state index contributed by atoms with van der Waals surface area (Å²) in [5.41, 5.74) is 7.13. The van der Waals surface area contributed by atoms with Crippen molar-refractivity contribution in [2.45, 2.75) is 33.1 Å². The van der Waals surface area contributed by atoms with Crippen LogP contribution in [0.4, 0.5) is 0 Å². The number of hydrogen-bond donors (Lipinski definition) is 2. The molecule has 2 N–H and O–H groups in total. The van der Waals surface area contributed by atoms with Gasteiger partial charge in [0.2, 0.25) is 0 Å². The highest BCUT2D eigenvalue weighted by atomic mass is 15.1. The summed E-state index contributed by atoms with van der Waals surface area (Å²) in [6.45, 7) is 6.41. The SMILES string of the molecule is CCc1nc2c3ccc(-c4ccc5c(c4)c4ncccc4c4nc(C(C)C)[nH]c54)cc3c3c[nH]ncc3c2n1. The van der Waals surface area contributed by atoms with Crippen LogP contribution in [0.15, 0.2) is 67.1 Å². The zero-order valence-electron chi connectivity index (χ0n) is 21.9. The van der Waals surface area contributed by atoms with Crippen molar-refractivity contribution in [3.8, 4) is 11.1 Å². The van der Waals surface area contributed by atoms with E-state index >= 15 is 0 Å². The van der Waals surface area contributed by atoms with Crippen molar-refractivity contribution >= 4 is 65.3 Å². The number of aryl methyl sites for hydroxylation is 1.